The third-order valence-corrected chi connectivity index (χ3v) is 3.71. The maximum absolute atomic E-state index is 12.6. The summed E-state index contributed by atoms with van der Waals surface area (Å²) in [6, 6.07) is 5.63. The zero-order valence-electron chi connectivity index (χ0n) is 14.5. The topological polar surface area (TPSA) is 95.5 Å². The van der Waals surface area contributed by atoms with E-state index in [0.29, 0.717) is 5.56 Å². The summed E-state index contributed by atoms with van der Waals surface area (Å²) < 4.78 is 43.1. The molecule has 144 valence electrons. The number of hydrogen-bond donors (Lipinski definition) is 0. The lowest BCUT2D eigenvalue weighted by atomic mass is 9.86. The predicted octanol–water partition coefficient (Wildman–Crippen LogP) is 5.61. The summed E-state index contributed by atoms with van der Waals surface area (Å²) in [7, 11) is 0. The molecule has 0 aliphatic heterocycles. The van der Waals surface area contributed by atoms with E-state index >= 15 is 0 Å². The number of rotatable bonds is 4. The highest BCUT2D eigenvalue weighted by molar-refractivity contribution is 5.64. The first-order valence-electron chi connectivity index (χ1n) is 7.63. The molecule has 0 saturated carbocycles. The quantitative estimate of drug-likeness (QED) is 0.504. The summed E-state index contributed by atoms with van der Waals surface area (Å²) in [5, 5.41) is 22.8. The molecule has 0 saturated heterocycles. The number of alkyl halides is 3. The molecule has 10 heteroatoms. The minimum absolute atomic E-state index is 0.197. The van der Waals surface area contributed by atoms with Gasteiger partial charge in [0.15, 0.2) is 0 Å². The van der Waals surface area contributed by atoms with E-state index in [1.54, 1.807) is 20.8 Å². The van der Waals surface area contributed by atoms with Gasteiger partial charge < -0.3 is 4.74 Å². The van der Waals surface area contributed by atoms with Gasteiger partial charge in [-0.05, 0) is 35.2 Å². The highest BCUT2D eigenvalue weighted by atomic mass is 19.4. The number of hydrogen-bond acceptors (Lipinski definition) is 5. The van der Waals surface area contributed by atoms with Gasteiger partial charge in [0.1, 0.15) is 5.75 Å². The van der Waals surface area contributed by atoms with Crippen LogP contribution in [0.3, 0.4) is 0 Å². The van der Waals surface area contributed by atoms with Crippen molar-refractivity contribution in [1.82, 2.24) is 0 Å². The van der Waals surface area contributed by atoms with Crippen molar-refractivity contribution in [3.63, 3.8) is 0 Å². The van der Waals surface area contributed by atoms with Gasteiger partial charge in [-0.3, -0.25) is 20.2 Å². The van der Waals surface area contributed by atoms with Crippen molar-refractivity contribution in [3.05, 3.63) is 67.8 Å². The van der Waals surface area contributed by atoms with Gasteiger partial charge in [-0.15, -0.1) is 0 Å². The van der Waals surface area contributed by atoms with E-state index in [-0.39, 0.29) is 5.75 Å². The average molecular weight is 384 g/mol. The predicted molar refractivity (Wildman–Crippen MR) is 90.0 cm³/mol. The zero-order chi connectivity index (χ0) is 20.6. The molecule has 27 heavy (non-hydrogen) atoms. The Morgan fingerprint density at radius 1 is 0.852 bits per heavy atom. The van der Waals surface area contributed by atoms with E-state index in [2.05, 4.69) is 0 Å². The Labute approximate surface area is 151 Å². The van der Waals surface area contributed by atoms with Gasteiger partial charge in [0.25, 0.3) is 5.75 Å². The van der Waals surface area contributed by atoms with E-state index < -0.39 is 44.1 Å². The van der Waals surface area contributed by atoms with Crippen LogP contribution in [-0.4, -0.2) is 9.85 Å². The highest BCUT2D eigenvalue weighted by Crippen LogP contribution is 2.43. The molecule has 7 nitrogen and oxygen atoms in total. The fraction of sp³-hybridized carbons (Fsp3) is 0.294. The Morgan fingerprint density at radius 2 is 1.30 bits per heavy atom. The molecule has 2 aromatic carbocycles. The first kappa shape index (κ1) is 20.1. The lowest BCUT2D eigenvalue weighted by Gasteiger charge is -2.19. The molecule has 0 aliphatic rings. The lowest BCUT2D eigenvalue weighted by Crippen LogP contribution is -2.12. The monoisotopic (exact) mass is 384 g/mol. The number of benzene rings is 2. The molecule has 0 spiro atoms. The van der Waals surface area contributed by atoms with E-state index in [9.17, 15) is 33.4 Å². The average Bonchev–Trinajstić information content (AvgIpc) is 2.53. The van der Waals surface area contributed by atoms with Crippen molar-refractivity contribution >= 4 is 11.4 Å². The fourth-order valence-electron chi connectivity index (χ4n) is 2.24. The largest absolute Gasteiger partial charge is 0.444 e. The highest BCUT2D eigenvalue weighted by Gasteiger charge is 2.33. The van der Waals surface area contributed by atoms with Crippen LogP contribution < -0.4 is 4.74 Å². The van der Waals surface area contributed by atoms with Crippen LogP contribution in [0.2, 0.25) is 0 Å². The lowest BCUT2D eigenvalue weighted by molar-refractivity contribution is -0.395. The molecule has 0 N–H and O–H groups in total. The third kappa shape index (κ3) is 4.52. The Kier molecular flexibility index (Phi) is 5.12. The summed E-state index contributed by atoms with van der Waals surface area (Å²) >= 11 is 0. The van der Waals surface area contributed by atoms with Crippen LogP contribution >= 0.6 is 0 Å². The second kappa shape index (κ2) is 6.86. The van der Waals surface area contributed by atoms with Crippen LogP contribution in [0, 0.1) is 20.2 Å². The number of nitro groups is 2. The Hall–Kier alpha value is -3.17. The second-order valence-electron chi connectivity index (χ2n) is 6.73. The van der Waals surface area contributed by atoms with E-state index in [1.807, 2.05) is 0 Å². The Balaban J connectivity index is 2.58. The molecule has 0 bridgehead atoms. The maximum Gasteiger partial charge on any atom is 0.416 e. The normalized spacial score (nSPS) is 11.9. The molecule has 0 fully saturated rings. The summed E-state index contributed by atoms with van der Waals surface area (Å²) in [6.45, 7) is 5.19. The molecule has 2 rings (SSSR count). The van der Waals surface area contributed by atoms with Gasteiger partial charge in [0.2, 0.25) is 0 Å². The van der Waals surface area contributed by atoms with E-state index in [0.717, 1.165) is 36.4 Å². The Morgan fingerprint density at radius 3 is 1.63 bits per heavy atom. The number of nitro benzene ring substituents is 2. The number of ether oxygens (including phenoxy) is 1. The summed E-state index contributed by atoms with van der Waals surface area (Å²) in [4.78, 5) is 21.1. The molecule has 0 unspecified atom stereocenters. The molecular weight excluding hydrogens is 369 g/mol. The van der Waals surface area contributed by atoms with Gasteiger partial charge in [-0.2, -0.15) is 13.2 Å². The van der Waals surface area contributed by atoms with Crippen molar-refractivity contribution in [2.75, 3.05) is 0 Å². The van der Waals surface area contributed by atoms with Crippen LogP contribution in [0.5, 0.6) is 11.5 Å². The van der Waals surface area contributed by atoms with Crippen molar-refractivity contribution in [1.29, 1.82) is 0 Å². The van der Waals surface area contributed by atoms with Crippen LogP contribution in [-0.2, 0) is 11.6 Å². The molecule has 0 heterocycles. The van der Waals surface area contributed by atoms with Gasteiger partial charge >= 0.3 is 17.6 Å². The second-order valence-corrected chi connectivity index (χ2v) is 6.73. The SMILES string of the molecule is CC(C)(C)c1cc([N+](=O)[O-])c(Oc2ccc(C(F)(F)F)cc2)c([N+](=O)[O-])c1. The van der Waals surface area contributed by atoms with Crippen molar-refractivity contribution in [3.8, 4) is 11.5 Å². The minimum atomic E-state index is -4.56. The zero-order valence-corrected chi connectivity index (χ0v) is 14.5. The molecule has 2 aromatic rings. The van der Waals surface area contributed by atoms with E-state index in [1.165, 1.54) is 0 Å². The molecule has 0 atom stereocenters. The molecule has 0 amide bonds. The molecule has 0 aliphatic carbocycles. The number of halogens is 3. The first-order chi connectivity index (χ1) is 12.3. The summed E-state index contributed by atoms with van der Waals surface area (Å²) in [5.41, 5.74) is -2.49. The summed E-state index contributed by atoms with van der Waals surface area (Å²) in [5.74, 6) is -0.838. The fourth-order valence-corrected chi connectivity index (χ4v) is 2.24. The molecule has 0 radical (unpaired) electrons. The maximum atomic E-state index is 12.6. The van der Waals surface area contributed by atoms with Gasteiger partial charge in [-0.1, -0.05) is 20.8 Å². The standard InChI is InChI=1S/C17H15F3N2O5/c1-16(2,3)11-8-13(21(23)24)15(14(9-11)22(25)26)27-12-6-4-10(5-7-12)17(18,19)20/h4-9H,1-3H3. The first-order valence-corrected chi connectivity index (χ1v) is 7.63. The van der Waals surface area contributed by atoms with Gasteiger partial charge in [0.05, 0.1) is 15.4 Å². The van der Waals surface area contributed by atoms with Crippen molar-refractivity contribution in [2.45, 2.75) is 32.4 Å². The van der Waals surface area contributed by atoms with Crippen LogP contribution in [0.15, 0.2) is 36.4 Å². The van der Waals surface area contributed by atoms with Crippen molar-refractivity contribution < 1.29 is 27.8 Å². The van der Waals surface area contributed by atoms with E-state index in [4.69, 9.17) is 4.74 Å². The molecule has 0 aromatic heterocycles. The van der Waals surface area contributed by atoms with Gasteiger partial charge in [-0.25, -0.2) is 0 Å². The minimum Gasteiger partial charge on any atom is -0.444 e. The van der Waals surface area contributed by atoms with Gasteiger partial charge in [0, 0.05) is 12.1 Å². The molecular formula is C17H15F3N2O5. The number of nitrogens with zero attached hydrogens (tertiary/aromatic N) is 2. The van der Waals surface area contributed by atoms with Crippen molar-refractivity contribution in [2.24, 2.45) is 0 Å². The van der Waals surface area contributed by atoms with Crippen LogP contribution in [0.4, 0.5) is 24.5 Å². The summed E-state index contributed by atoms with van der Waals surface area (Å²) in [6.07, 6.45) is -4.56. The Bertz CT molecular complexity index is 852. The smallest absolute Gasteiger partial charge is 0.416 e. The van der Waals surface area contributed by atoms with Crippen LogP contribution in [0.1, 0.15) is 31.9 Å². The van der Waals surface area contributed by atoms with Crippen LogP contribution in [0.25, 0.3) is 0 Å². The third-order valence-electron chi connectivity index (χ3n) is 3.71.